The van der Waals surface area contributed by atoms with Gasteiger partial charge in [-0.3, -0.25) is 9.59 Å². The average Bonchev–Trinajstić information content (AvgIpc) is 3.37. The summed E-state index contributed by atoms with van der Waals surface area (Å²) in [7, 11) is 0. The zero-order valence-corrected chi connectivity index (χ0v) is 19.5. The van der Waals surface area contributed by atoms with Gasteiger partial charge in [0.25, 0.3) is 0 Å². The van der Waals surface area contributed by atoms with Crippen LogP contribution in [0.4, 0.5) is 24.5 Å². The summed E-state index contributed by atoms with van der Waals surface area (Å²) in [5.41, 5.74) is 5.45. The molecule has 1 aliphatic carbocycles. The Morgan fingerprint density at radius 1 is 1.00 bits per heavy atom. The summed E-state index contributed by atoms with van der Waals surface area (Å²) in [5, 5.41) is 2.73. The highest BCUT2D eigenvalue weighted by Crippen LogP contribution is 2.65. The molecule has 4 nitrogen and oxygen atoms in total. The highest BCUT2D eigenvalue weighted by atomic mass is 35.5. The maximum absolute atomic E-state index is 14.2. The van der Waals surface area contributed by atoms with Crippen LogP contribution in [0.5, 0.6) is 0 Å². The largest absolute Gasteiger partial charge is 0.394 e. The zero-order valence-electron chi connectivity index (χ0n) is 17.2. The van der Waals surface area contributed by atoms with Gasteiger partial charge in [-0.2, -0.15) is 0 Å². The van der Waals surface area contributed by atoms with Gasteiger partial charge in [0.1, 0.15) is 21.7 Å². The maximum atomic E-state index is 14.2. The van der Waals surface area contributed by atoms with Crippen molar-refractivity contribution in [1.29, 1.82) is 0 Å². The molecule has 1 saturated carbocycles. The number of alkyl halides is 2. The molecular formula is C24H16Cl3F3N2O2. The second-order valence-electron chi connectivity index (χ2n) is 7.90. The summed E-state index contributed by atoms with van der Waals surface area (Å²) in [5.74, 6) is -4.80. The molecule has 0 saturated heterocycles. The molecule has 3 aromatic rings. The van der Waals surface area contributed by atoms with Crippen molar-refractivity contribution >= 4 is 57.9 Å². The molecule has 1 aliphatic rings. The SMILES string of the molecule is Nc1c(F)ccc(CC(=O)c2cc(NC(=O)C3C(c4ccc(F)cc4)C3(Cl)Cl)ccc2Cl)c1F. The first-order chi connectivity index (χ1) is 16.0. The van der Waals surface area contributed by atoms with Crippen molar-refractivity contribution in [2.45, 2.75) is 16.7 Å². The smallest absolute Gasteiger partial charge is 0.231 e. The van der Waals surface area contributed by atoms with Crippen molar-refractivity contribution in [3.8, 4) is 0 Å². The Bertz CT molecular complexity index is 1300. The van der Waals surface area contributed by atoms with Crippen LogP contribution in [0, 0.1) is 23.4 Å². The third-order valence-electron chi connectivity index (χ3n) is 5.66. The molecule has 0 bridgehead atoms. The summed E-state index contributed by atoms with van der Waals surface area (Å²) in [6.07, 6.45) is -0.421. The van der Waals surface area contributed by atoms with Crippen LogP contribution in [0.2, 0.25) is 5.02 Å². The van der Waals surface area contributed by atoms with Crippen LogP contribution in [-0.4, -0.2) is 16.0 Å². The number of carbonyl (C=O) groups is 2. The molecular weight excluding hydrogens is 512 g/mol. The van der Waals surface area contributed by atoms with E-state index in [1.807, 2.05) is 0 Å². The van der Waals surface area contributed by atoms with E-state index in [0.717, 1.165) is 12.1 Å². The van der Waals surface area contributed by atoms with Gasteiger partial charge in [0.05, 0.1) is 10.9 Å². The van der Waals surface area contributed by atoms with Gasteiger partial charge in [-0.05, 0) is 47.5 Å². The number of rotatable bonds is 6. The fraction of sp³-hybridized carbons (Fsp3) is 0.167. The third-order valence-corrected chi connectivity index (χ3v) is 6.93. The topological polar surface area (TPSA) is 72.2 Å². The van der Waals surface area contributed by atoms with Crippen molar-refractivity contribution in [3.63, 3.8) is 0 Å². The molecule has 1 fully saturated rings. The second-order valence-corrected chi connectivity index (χ2v) is 9.75. The molecule has 3 aromatic carbocycles. The minimum absolute atomic E-state index is 0.0238. The fourth-order valence-electron chi connectivity index (χ4n) is 3.79. The molecule has 176 valence electrons. The number of Topliss-reactive ketones (excluding diaryl/α,β-unsaturated/α-hetero) is 1. The number of benzene rings is 3. The van der Waals surface area contributed by atoms with E-state index in [0.29, 0.717) is 5.56 Å². The molecule has 0 aliphatic heterocycles. The predicted molar refractivity (Wildman–Crippen MR) is 126 cm³/mol. The van der Waals surface area contributed by atoms with Gasteiger partial charge in [-0.1, -0.05) is 29.8 Å². The van der Waals surface area contributed by atoms with Crippen LogP contribution < -0.4 is 11.1 Å². The molecule has 4 rings (SSSR count). The van der Waals surface area contributed by atoms with Crippen molar-refractivity contribution < 1.29 is 22.8 Å². The molecule has 0 aromatic heterocycles. The minimum atomic E-state index is -1.38. The van der Waals surface area contributed by atoms with Crippen molar-refractivity contribution in [3.05, 3.63) is 93.8 Å². The molecule has 0 spiro atoms. The number of hydrogen-bond donors (Lipinski definition) is 2. The summed E-state index contributed by atoms with van der Waals surface area (Å²) in [6, 6.07) is 11.8. The fourth-order valence-corrected chi connectivity index (χ4v) is 4.84. The molecule has 34 heavy (non-hydrogen) atoms. The Hall–Kier alpha value is -2.74. The van der Waals surface area contributed by atoms with Crippen LogP contribution in [0.15, 0.2) is 54.6 Å². The number of nitrogens with one attached hydrogen (secondary N) is 1. The summed E-state index contributed by atoms with van der Waals surface area (Å²) >= 11 is 18.8. The van der Waals surface area contributed by atoms with E-state index in [1.165, 1.54) is 42.5 Å². The lowest BCUT2D eigenvalue weighted by Gasteiger charge is -2.10. The molecule has 1 amide bonds. The second kappa shape index (κ2) is 9.13. The van der Waals surface area contributed by atoms with Gasteiger partial charge in [-0.15, -0.1) is 23.2 Å². The minimum Gasteiger partial charge on any atom is -0.394 e. The quantitative estimate of drug-likeness (QED) is 0.225. The molecule has 2 atom stereocenters. The lowest BCUT2D eigenvalue weighted by Crippen LogP contribution is -2.17. The Morgan fingerprint density at radius 3 is 2.35 bits per heavy atom. The van der Waals surface area contributed by atoms with Crippen molar-refractivity contribution in [2.24, 2.45) is 5.92 Å². The average molecular weight is 528 g/mol. The maximum Gasteiger partial charge on any atom is 0.231 e. The van der Waals surface area contributed by atoms with Crippen LogP contribution in [-0.2, 0) is 11.2 Å². The van der Waals surface area contributed by atoms with Crippen LogP contribution in [0.3, 0.4) is 0 Å². The van der Waals surface area contributed by atoms with E-state index in [-0.39, 0.29) is 21.8 Å². The van der Waals surface area contributed by atoms with Gasteiger partial charge in [0.15, 0.2) is 11.6 Å². The van der Waals surface area contributed by atoms with E-state index in [2.05, 4.69) is 5.32 Å². The number of nitrogen functional groups attached to an aromatic ring is 1. The standard InChI is InChI=1S/C24H16Cl3F3N2O2/c25-16-7-6-14(10-15(16)18(33)9-12-3-8-17(29)22(31)21(12)30)32-23(34)20-19(24(20,26)27)11-1-4-13(28)5-2-11/h1-8,10,19-20H,9,31H2,(H,32,34). The molecule has 3 N–H and O–H groups in total. The molecule has 0 heterocycles. The molecule has 2 unspecified atom stereocenters. The zero-order chi connectivity index (χ0) is 24.8. The van der Waals surface area contributed by atoms with Crippen LogP contribution >= 0.6 is 34.8 Å². The summed E-state index contributed by atoms with van der Waals surface area (Å²) in [4.78, 5) is 25.6. The van der Waals surface area contributed by atoms with Gasteiger partial charge in [0.2, 0.25) is 5.91 Å². The Labute approximate surface area is 207 Å². The highest BCUT2D eigenvalue weighted by Gasteiger charge is 2.67. The third kappa shape index (κ3) is 4.60. The number of halogens is 6. The first kappa shape index (κ1) is 24.4. The van der Waals surface area contributed by atoms with Crippen molar-refractivity contribution in [1.82, 2.24) is 0 Å². The van der Waals surface area contributed by atoms with Gasteiger partial charge >= 0.3 is 0 Å². The van der Waals surface area contributed by atoms with E-state index < -0.39 is 57.4 Å². The predicted octanol–water partition coefficient (Wildman–Crippen LogP) is 6.29. The first-order valence-electron chi connectivity index (χ1n) is 10.00. The lowest BCUT2D eigenvalue weighted by atomic mass is 10.0. The number of hydrogen-bond acceptors (Lipinski definition) is 3. The number of ketones is 1. The number of amides is 1. The normalized spacial score (nSPS) is 18.4. The van der Waals surface area contributed by atoms with E-state index >= 15 is 0 Å². The number of nitrogens with two attached hydrogens (primary N) is 1. The Morgan fingerprint density at radius 2 is 1.68 bits per heavy atom. The Balaban J connectivity index is 1.51. The highest BCUT2D eigenvalue weighted by molar-refractivity contribution is 6.53. The summed E-state index contributed by atoms with van der Waals surface area (Å²) in [6.45, 7) is 0. The monoisotopic (exact) mass is 526 g/mol. The van der Waals surface area contributed by atoms with Crippen LogP contribution in [0.25, 0.3) is 0 Å². The molecule has 10 heteroatoms. The number of anilines is 2. The Kier molecular flexibility index (Phi) is 6.55. The van der Waals surface area contributed by atoms with Gasteiger partial charge in [0, 0.05) is 23.6 Å². The lowest BCUT2D eigenvalue weighted by molar-refractivity contribution is -0.117. The molecule has 0 radical (unpaired) electrons. The van der Waals surface area contributed by atoms with E-state index in [9.17, 15) is 22.8 Å². The van der Waals surface area contributed by atoms with E-state index in [4.69, 9.17) is 40.5 Å². The van der Waals surface area contributed by atoms with Crippen LogP contribution in [0.1, 0.15) is 27.4 Å². The van der Waals surface area contributed by atoms with E-state index in [1.54, 1.807) is 0 Å². The van der Waals surface area contributed by atoms with Gasteiger partial charge < -0.3 is 11.1 Å². The number of carbonyl (C=O) groups excluding carboxylic acids is 2. The first-order valence-corrected chi connectivity index (χ1v) is 11.1. The van der Waals surface area contributed by atoms with Crippen molar-refractivity contribution in [2.75, 3.05) is 11.1 Å². The van der Waals surface area contributed by atoms with Gasteiger partial charge in [-0.25, -0.2) is 13.2 Å². The summed E-state index contributed by atoms with van der Waals surface area (Å²) < 4.78 is 39.4.